The largest absolute Gasteiger partial charge is 0.314 e. The first-order valence-electron chi connectivity index (χ1n) is 15.0. The summed E-state index contributed by atoms with van der Waals surface area (Å²) in [6, 6.07) is 0.842. The van der Waals surface area contributed by atoms with E-state index in [0.29, 0.717) is 11.8 Å². The van der Waals surface area contributed by atoms with Crippen LogP contribution in [0.15, 0.2) is 24.3 Å². The highest BCUT2D eigenvalue weighted by molar-refractivity contribution is 5.10. The summed E-state index contributed by atoms with van der Waals surface area (Å²) in [7, 11) is 0. The van der Waals surface area contributed by atoms with Gasteiger partial charge in [0.2, 0.25) is 0 Å². The molecule has 184 valence electrons. The first kappa shape index (κ1) is 22.8. The van der Waals surface area contributed by atoms with Gasteiger partial charge in [-0.05, 0) is 150 Å². The number of hydrogen-bond acceptors (Lipinski definition) is 1. The predicted molar refractivity (Wildman–Crippen MR) is 136 cm³/mol. The Kier molecular flexibility index (Phi) is 7.02. The SMILES string of the molecule is FC1C=CC(C2C=CC3CCC(C4CCC5CC(C6CCCCN6)CCC5C4)CC3C2)CC1. The minimum atomic E-state index is -0.690. The second kappa shape index (κ2) is 10.2. The maximum atomic E-state index is 13.6. The Morgan fingerprint density at radius 2 is 1.09 bits per heavy atom. The molecule has 1 heterocycles. The third-order valence-electron chi connectivity index (χ3n) is 11.4. The van der Waals surface area contributed by atoms with Crippen LogP contribution in [0, 0.1) is 53.3 Å². The van der Waals surface area contributed by atoms with E-state index in [0.717, 1.165) is 60.3 Å². The molecule has 2 heteroatoms. The molecule has 3 saturated carbocycles. The van der Waals surface area contributed by atoms with Gasteiger partial charge in [0.15, 0.2) is 0 Å². The number of halogens is 1. The van der Waals surface area contributed by atoms with Crippen molar-refractivity contribution in [2.24, 2.45) is 53.3 Å². The van der Waals surface area contributed by atoms with Gasteiger partial charge in [-0.15, -0.1) is 0 Å². The smallest absolute Gasteiger partial charge is 0.118 e. The number of rotatable bonds is 3. The average molecular weight is 454 g/mol. The normalized spacial score (nSPS) is 50.4. The van der Waals surface area contributed by atoms with E-state index < -0.39 is 6.17 Å². The van der Waals surface area contributed by atoms with Crippen molar-refractivity contribution in [1.82, 2.24) is 5.32 Å². The van der Waals surface area contributed by atoms with E-state index in [9.17, 15) is 4.39 Å². The van der Waals surface area contributed by atoms with Crippen molar-refractivity contribution >= 4 is 0 Å². The zero-order valence-corrected chi connectivity index (χ0v) is 20.9. The van der Waals surface area contributed by atoms with Crippen molar-refractivity contribution in [3.05, 3.63) is 24.3 Å². The lowest BCUT2D eigenvalue weighted by molar-refractivity contribution is 0.0374. The maximum Gasteiger partial charge on any atom is 0.118 e. The summed E-state index contributed by atoms with van der Waals surface area (Å²) in [6.07, 6.45) is 29.5. The van der Waals surface area contributed by atoms with Crippen molar-refractivity contribution in [3.8, 4) is 0 Å². The Bertz CT molecular complexity index is 708. The summed E-state index contributed by atoms with van der Waals surface area (Å²) < 4.78 is 13.6. The highest BCUT2D eigenvalue weighted by Crippen LogP contribution is 2.52. The van der Waals surface area contributed by atoms with E-state index in [4.69, 9.17) is 0 Å². The molecule has 0 aromatic rings. The monoisotopic (exact) mass is 453 g/mol. The fraction of sp³-hybridized carbons (Fsp3) is 0.871. The van der Waals surface area contributed by atoms with Gasteiger partial charge in [-0.3, -0.25) is 0 Å². The Morgan fingerprint density at radius 3 is 1.79 bits per heavy atom. The van der Waals surface area contributed by atoms with Crippen LogP contribution >= 0.6 is 0 Å². The van der Waals surface area contributed by atoms with Crippen LogP contribution < -0.4 is 5.32 Å². The van der Waals surface area contributed by atoms with Crippen molar-refractivity contribution in [1.29, 1.82) is 0 Å². The molecule has 1 nitrogen and oxygen atoms in total. The van der Waals surface area contributed by atoms with Gasteiger partial charge in [-0.25, -0.2) is 4.39 Å². The number of fused-ring (bicyclic) bond motifs is 2. The minimum absolute atomic E-state index is 0.596. The molecule has 0 spiro atoms. The summed E-state index contributed by atoms with van der Waals surface area (Å²) in [6.45, 7) is 1.27. The first-order valence-corrected chi connectivity index (χ1v) is 15.0. The molecule has 0 bridgehead atoms. The quantitative estimate of drug-likeness (QED) is 0.429. The van der Waals surface area contributed by atoms with Crippen LogP contribution in [0.4, 0.5) is 4.39 Å². The van der Waals surface area contributed by atoms with Crippen molar-refractivity contribution < 1.29 is 4.39 Å². The molecule has 4 fully saturated rings. The van der Waals surface area contributed by atoms with Gasteiger partial charge in [0.1, 0.15) is 6.17 Å². The van der Waals surface area contributed by atoms with Crippen LogP contribution in [0.1, 0.15) is 96.3 Å². The molecular formula is C31H48FN. The van der Waals surface area contributed by atoms with Crippen LogP contribution in [0.5, 0.6) is 0 Å². The third-order valence-corrected chi connectivity index (χ3v) is 11.4. The number of piperidine rings is 1. The molecule has 0 amide bonds. The second-order valence-electron chi connectivity index (χ2n) is 13.1. The topological polar surface area (TPSA) is 12.0 Å². The molecule has 1 N–H and O–H groups in total. The zero-order chi connectivity index (χ0) is 22.2. The number of allylic oxidation sites excluding steroid dienone is 4. The van der Waals surface area contributed by atoms with E-state index >= 15 is 0 Å². The van der Waals surface area contributed by atoms with Gasteiger partial charge in [0, 0.05) is 6.04 Å². The van der Waals surface area contributed by atoms with Crippen LogP contribution in [-0.2, 0) is 0 Å². The molecular weight excluding hydrogens is 405 g/mol. The number of hydrogen-bond donors (Lipinski definition) is 1. The maximum absolute atomic E-state index is 13.6. The molecule has 11 atom stereocenters. The molecule has 0 aromatic heterocycles. The van der Waals surface area contributed by atoms with Crippen molar-refractivity contribution in [3.63, 3.8) is 0 Å². The molecule has 6 rings (SSSR count). The average Bonchev–Trinajstić information content (AvgIpc) is 2.88. The van der Waals surface area contributed by atoms with Crippen LogP contribution in [0.2, 0.25) is 0 Å². The highest BCUT2D eigenvalue weighted by Gasteiger charge is 2.42. The van der Waals surface area contributed by atoms with Gasteiger partial charge in [-0.1, -0.05) is 30.7 Å². The van der Waals surface area contributed by atoms with E-state index in [1.165, 1.54) is 83.6 Å². The van der Waals surface area contributed by atoms with Gasteiger partial charge in [0.05, 0.1) is 0 Å². The van der Waals surface area contributed by atoms with E-state index in [-0.39, 0.29) is 0 Å². The Hall–Kier alpha value is -0.630. The summed E-state index contributed by atoms with van der Waals surface area (Å²) in [5, 5.41) is 3.87. The van der Waals surface area contributed by atoms with Crippen LogP contribution in [0.25, 0.3) is 0 Å². The lowest BCUT2D eigenvalue weighted by Crippen LogP contribution is -2.44. The standard InChI is InChI=1S/C31H48FN/c32-30-14-12-21(13-15-30)23-6-4-22-5-7-27(20-29(22)19-23)24-8-9-26-18-28(11-10-25(26)17-24)31-3-1-2-16-33-31/h4,6,12,14,21-31,33H,1-3,5,7-11,13,15-20H2. The van der Waals surface area contributed by atoms with Crippen molar-refractivity contribution in [2.75, 3.05) is 6.54 Å². The van der Waals surface area contributed by atoms with Crippen molar-refractivity contribution in [2.45, 2.75) is 109 Å². The zero-order valence-electron chi connectivity index (χ0n) is 20.9. The van der Waals surface area contributed by atoms with Crippen LogP contribution in [-0.4, -0.2) is 18.8 Å². The van der Waals surface area contributed by atoms with E-state index in [1.807, 2.05) is 6.08 Å². The molecule has 1 aliphatic heterocycles. The fourth-order valence-corrected chi connectivity index (χ4v) is 9.51. The molecule has 6 aliphatic rings. The lowest BCUT2D eigenvalue weighted by Gasteiger charge is -2.48. The van der Waals surface area contributed by atoms with Gasteiger partial charge >= 0.3 is 0 Å². The summed E-state index contributed by atoms with van der Waals surface area (Å²) in [4.78, 5) is 0. The first-order chi connectivity index (χ1) is 16.2. The molecule has 11 unspecified atom stereocenters. The van der Waals surface area contributed by atoms with Crippen LogP contribution in [0.3, 0.4) is 0 Å². The summed E-state index contributed by atoms with van der Waals surface area (Å²) in [5.74, 6) is 8.09. The number of alkyl halides is 1. The third kappa shape index (κ3) is 5.03. The second-order valence-corrected chi connectivity index (χ2v) is 13.1. The van der Waals surface area contributed by atoms with E-state index in [2.05, 4.69) is 23.5 Å². The molecule has 5 aliphatic carbocycles. The van der Waals surface area contributed by atoms with E-state index in [1.54, 1.807) is 6.42 Å². The minimum Gasteiger partial charge on any atom is -0.314 e. The predicted octanol–water partition coefficient (Wildman–Crippen LogP) is 7.87. The molecule has 33 heavy (non-hydrogen) atoms. The summed E-state index contributed by atoms with van der Waals surface area (Å²) in [5.41, 5.74) is 0. The highest BCUT2D eigenvalue weighted by atomic mass is 19.1. The Labute approximate surface area is 202 Å². The van der Waals surface area contributed by atoms with Gasteiger partial charge in [-0.2, -0.15) is 0 Å². The van der Waals surface area contributed by atoms with Gasteiger partial charge in [0.25, 0.3) is 0 Å². The molecule has 0 aromatic carbocycles. The lowest BCUT2D eigenvalue weighted by atomic mass is 9.58. The number of nitrogens with one attached hydrogen (secondary N) is 1. The molecule has 0 radical (unpaired) electrons. The Balaban J connectivity index is 1.02. The molecule has 1 saturated heterocycles. The summed E-state index contributed by atoms with van der Waals surface area (Å²) >= 11 is 0. The van der Waals surface area contributed by atoms with Gasteiger partial charge < -0.3 is 5.32 Å². The Morgan fingerprint density at radius 1 is 0.485 bits per heavy atom. The fourth-order valence-electron chi connectivity index (χ4n) is 9.51.